The lowest BCUT2D eigenvalue weighted by atomic mass is 10.2. The number of aryl methyl sites for hydroxylation is 2. The van der Waals surface area contributed by atoms with Gasteiger partial charge in [0, 0.05) is 13.3 Å². The van der Waals surface area contributed by atoms with E-state index in [1.807, 2.05) is 0 Å². The lowest BCUT2D eigenvalue weighted by Crippen LogP contribution is -2.39. The van der Waals surface area contributed by atoms with Gasteiger partial charge in [-0.15, -0.1) is 0 Å². The molecule has 0 saturated carbocycles. The van der Waals surface area contributed by atoms with Crippen molar-refractivity contribution in [3.63, 3.8) is 0 Å². The lowest BCUT2D eigenvalue weighted by Gasteiger charge is -2.02. The van der Waals surface area contributed by atoms with Crippen molar-refractivity contribution in [1.82, 2.24) is 4.57 Å². The van der Waals surface area contributed by atoms with E-state index in [1.165, 1.54) is 18.6 Å². The van der Waals surface area contributed by atoms with Crippen molar-refractivity contribution in [3.05, 3.63) is 17.7 Å². The van der Waals surface area contributed by atoms with Gasteiger partial charge in [0.2, 0.25) is 0 Å². The number of methoxy groups -OCH3 is 1. The summed E-state index contributed by atoms with van der Waals surface area (Å²) >= 11 is 0. The second kappa shape index (κ2) is 7.19. The SMILES string of the molecule is CCCn1cc(CCC(=O)OC)[n+](CCC)c1C. The van der Waals surface area contributed by atoms with Crippen LogP contribution in [-0.4, -0.2) is 17.6 Å². The fraction of sp³-hybridized carbons (Fsp3) is 0.714. The Labute approximate surface area is 110 Å². The van der Waals surface area contributed by atoms with Crippen LogP contribution in [0.15, 0.2) is 6.20 Å². The molecule has 0 N–H and O–H groups in total. The summed E-state index contributed by atoms with van der Waals surface area (Å²) in [6, 6.07) is 0. The van der Waals surface area contributed by atoms with Gasteiger partial charge in [0.25, 0.3) is 5.82 Å². The highest BCUT2D eigenvalue weighted by atomic mass is 16.5. The predicted molar refractivity (Wildman–Crippen MR) is 70.3 cm³/mol. The molecule has 1 aromatic rings. The van der Waals surface area contributed by atoms with Crippen LogP contribution in [0.2, 0.25) is 0 Å². The van der Waals surface area contributed by atoms with Gasteiger partial charge in [0.15, 0.2) is 0 Å². The van der Waals surface area contributed by atoms with Gasteiger partial charge in [-0.3, -0.25) is 4.79 Å². The first-order chi connectivity index (χ1) is 8.63. The van der Waals surface area contributed by atoms with Crippen LogP contribution < -0.4 is 4.57 Å². The average molecular weight is 253 g/mol. The molecule has 0 aliphatic heterocycles. The number of aromatic nitrogens is 2. The van der Waals surface area contributed by atoms with E-state index >= 15 is 0 Å². The minimum Gasteiger partial charge on any atom is -0.469 e. The number of hydrogen-bond acceptors (Lipinski definition) is 2. The fourth-order valence-electron chi connectivity index (χ4n) is 2.23. The highest BCUT2D eigenvalue weighted by Gasteiger charge is 2.19. The van der Waals surface area contributed by atoms with E-state index in [2.05, 4.69) is 36.1 Å². The molecule has 0 amide bonds. The standard InChI is InChI=1S/C14H25N2O2/c1-5-9-15-11-13(7-8-14(17)18-4)16(10-6-2)12(15)3/h11H,5-10H2,1-4H3/q+1. The maximum Gasteiger partial charge on any atom is 0.305 e. The number of hydrogen-bond donors (Lipinski definition) is 0. The normalized spacial score (nSPS) is 10.7. The van der Waals surface area contributed by atoms with E-state index in [1.54, 1.807) is 0 Å². The Kier molecular flexibility index (Phi) is 5.89. The number of ether oxygens (including phenoxy) is 1. The Morgan fingerprint density at radius 2 is 2.11 bits per heavy atom. The van der Waals surface area contributed by atoms with Crippen LogP contribution >= 0.6 is 0 Å². The predicted octanol–water partition coefficient (Wildman–Crippen LogP) is 2.01. The molecule has 0 bridgehead atoms. The van der Waals surface area contributed by atoms with Crippen molar-refractivity contribution in [3.8, 4) is 0 Å². The highest BCUT2D eigenvalue weighted by Crippen LogP contribution is 2.06. The third-order valence-corrected chi connectivity index (χ3v) is 3.18. The minimum absolute atomic E-state index is 0.140. The van der Waals surface area contributed by atoms with Gasteiger partial charge in [-0.25, -0.2) is 9.13 Å². The number of esters is 1. The summed E-state index contributed by atoms with van der Waals surface area (Å²) in [7, 11) is 1.44. The molecule has 0 unspecified atom stereocenters. The third-order valence-electron chi connectivity index (χ3n) is 3.18. The highest BCUT2D eigenvalue weighted by molar-refractivity contribution is 5.69. The minimum atomic E-state index is -0.140. The molecule has 0 atom stereocenters. The zero-order valence-electron chi connectivity index (χ0n) is 12.0. The summed E-state index contributed by atoms with van der Waals surface area (Å²) < 4.78 is 9.30. The van der Waals surface area contributed by atoms with Gasteiger partial charge in [0.05, 0.1) is 26.6 Å². The van der Waals surface area contributed by atoms with Crippen LogP contribution in [-0.2, 0) is 29.0 Å². The Morgan fingerprint density at radius 3 is 2.67 bits per heavy atom. The molecule has 0 spiro atoms. The third kappa shape index (κ3) is 3.59. The van der Waals surface area contributed by atoms with Gasteiger partial charge in [0.1, 0.15) is 11.9 Å². The number of rotatable bonds is 7. The van der Waals surface area contributed by atoms with Crippen molar-refractivity contribution in [2.24, 2.45) is 0 Å². The fourth-order valence-corrected chi connectivity index (χ4v) is 2.23. The molecule has 18 heavy (non-hydrogen) atoms. The van der Waals surface area contributed by atoms with Gasteiger partial charge >= 0.3 is 5.97 Å². The molecule has 0 aromatic carbocycles. The molecule has 0 saturated heterocycles. The number of nitrogens with zero attached hydrogens (tertiary/aromatic N) is 2. The molecular formula is C14H25N2O2+. The van der Waals surface area contributed by atoms with Crippen LogP contribution in [0, 0.1) is 6.92 Å². The van der Waals surface area contributed by atoms with Crippen LogP contribution in [0.3, 0.4) is 0 Å². The van der Waals surface area contributed by atoms with E-state index < -0.39 is 0 Å². The monoisotopic (exact) mass is 253 g/mol. The van der Waals surface area contributed by atoms with Crippen molar-refractivity contribution >= 4 is 5.97 Å². The summed E-state index contributed by atoms with van der Waals surface area (Å²) in [5, 5.41) is 0. The lowest BCUT2D eigenvalue weighted by molar-refractivity contribution is -0.709. The van der Waals surface area contributed by atoms with Crippen LogP contribution in [0.1, 0.15) is 44.6 Å². The number of imidazole rings is 1. The Bertz CT molecular complexity index is 397. The molecule has 0 radical (unpaired) electrons. The van der Waals surface area contributed by atoms with E-state index in [-0.39, 0.29) is 5.97 Å². The first-order valence-electron chi connectivity index (χ1n) is 6.79. The molecule has 0 fully saturated rings. The van der Waals surface area contributed by atoms with Gasteiger partial charge < -0.3 is 4.74 Å². The van der Waals surface area contributed by atoms with Crippen LogP contribution in [0.4, 0.5) is 0 Å². The van der Waals surface area contributed by atoms with Crippen molar-refractivity contribution in [1.29, 1.82) is 0 Å². The summed E-state index contributed by atoms with van der Waals surface area (Å²) in [4.78, 5) is 11.2. The van der Waals surface area contributed by atoms with Gasteiger partial charge in [-0.05, 0) is 12.8 Å². The van der Waals surface area contributed by atoms with Gasteiger partial charge in [-0.2, -0.15) is 0 Å². The van der Waals surface area contributed by atoms with Gasteiger partial charge in [-0.1, -0.05) is 13.8 Å². The van der Waals surface area contributed by atoms with Crippen LogP contribution in [0.25, 0.3) is 0 Å². The van der Waals surface area contributed by atoms with Crippen molar-refractivity contribution in [2.75, 3.05) is 7.11 Å². The van der Waals surface area contributed by atoms with Crippen molar-refractivity contribution < 1.29 is 14.1 Å². The molecule has 4 nitrogen and oxygen atoms in total. The first kappa shape index (κ1) is 14.7. The van der Waals surface area contributed by atoms with Crippen LogP contribution in [0.5, 0.6) is 0 Å². The summed E-state index contributed by atoms with van der Waals surface area (Å²) in [6.07, 6.45) is 5.61. The smallest absolute Gasteiger partial charge is 0.305 e. The van der Waals surface area contributed by atoms with E-state index in [4.69, 9.17) is 4.74 Å². The molecule has 1 rings (SSSR count). The molecule has 0 aliphatic rings. The van der Waals surface area contributed by atoms with Crippen molar-refractivity contribution in [2.45, 2.75) is 59.5 Å². The number of carbonyl (C=O) groups excluding carboxylic acids is 1. The van der Waals surface area contributed by atoms with E-state index in [9.17, 15) is 4.79 Å². The Hall–Kier alpha value is -1.32. The topological polar surface area (TPSA) is 35.1 Å². The summed E-state index contributed by atoms with van der Waals surface area (Å²) in [5.41, 5.74) is 1.23. The molecule has 0 aliphatic carbocycles. The molecule has 4 heteroatoms. The van der Waals surface area contributed by atoms with E-state index in [0.717, 1.165) is 32.4 Å². The van der Waals surface area contributed by atoms with E-state index in [0.29, 0.717) is 6.42 Å². The summed E-state index contributed by atoms with van der Waals surface area (Å²) in [5.74, 6) is 1.14. The summed E-state index contributed by atoms with van der Waals surface area (Å²) in [6.45, 7) is 8.55. The maximum atomic E-state index is 11.2. The average Bonchev–Trinajstić information content (AvgIpc) is 2.65. The molecular weight excluding hydrogens is 228 g/mol. The zero-order chi connectivity index (χ0) is 13.5. The maximum absolute atomic E-state index is 11.2. The Morgan fingerprint density at radius 1 is 1.39 bits per heavy atom. The quantitative estimate of drug-likeness (QED) is 0.550. The molecule has 102 valence electrons. The largest absolute Gasteiger partial charge is 0.469 e. The second-order valence-corrected chi connectivity index (χ2v) is 4.59. The zero-order valence-corrected chi connectivity index (χ0v) is 12.0. The molecule has 1 heterocycles. The molecule has 1 aromatic heterocycles. The second-order valence-electron chi connectivity index (χ2n) is 4.59. The number of carbonyl (C=O) groups is 1. The Balaban J connectivity index is 2.86. The first-order valence-corrected chi connectivity index (χ1v) is 6.79.